The number of carbonyl (C=O) groups is 1. The summed E-state index contributed by atoms with van der Waals surface area (Å²) in [7, 11) is 0. The minimum absolute atomic E-state index is 0.0477. The van der Waals surface area contributed by atoms with Gasteiger partial charge in [0.1, 0.15) is 5.75 Å². The van der Waals surface area contributed by atoms with Crippen LogP contribution in [0.15, 0.2) is 59.5 Å². The number of carbonyl (C=O) groups excluding carboxylic acids is 1. The van der Waals surface area contributed by atoms with Crippen LogP contribution in [0.5, 0.6) is 5.75 Å². The van der Waals surface area contributed by atoms with Crippen molar-refractivity contribution in [2.75, 3.05) is 17.7 Å². The first-order chi connectivity index (χ1) is 10.2. The van der Waals surface area contributed by atoms with Gasteiger partial charge in [-0.15, -0.1) is 11.8 Å². The van der Waals surface area contributed by atoms with Gasteiger partial charge in [-0.3, -0.25) is 4.79 Å². The molecule has 2 rings (SSSR count). The maximum Gasteiger partial charge on any atom is 0.221 e. The Hall–Kier alpha value is -1.94. The Morgan fingerprint density at radius 2 is 1.81 bits per heavy atom. The molecule has 0 bridgehead atoms. The molecule has 3 nitrogen and oxygen atoms in total. The van der Waals surface area contributed by atoms with Crippen LogP contribution in [0.25, 0.3) is 0 Å². The van der Waals surface area contributed by atoms with Gasteiger partial charge in [0, 0.05) is 23.3 Å². The van der Waals surface area contributed by atoms with Gasteiger partial charge in [0.25, 0.3) is 0 Å². The van der Waals surface area contributed by atoms with E-state index in [1.807, 2.05) is 54.6 Å². The van der Waals surface area contributed by atoms with Crippen LogP contribution in [0.2, 0.25) is 0 Å². The minimum Gasteiger partial charge on any atom is -0.494 e. The molecule has 0 aliphatic rings. The molecule has 0 radical (unpaired) electrons. The zero-order chi connectivity index (χ0) is 14.9. The molecule has 1 N–H and O–H groups in total. The highest BCUT2D eigenvalue weighted by atomic mass is 32.2. The van der Waals surface area contributed by atoms with Crippen molar-refractivity contribution in [3.05, 3.63) is 54.6 Å². The third-order valence-electron chi connectivity index (χ3n) is 2.74. The molecule has 0 fully saturated rings. The minimum atomic E-state index is -0.0477. The Morgan fingerprint density at radius 3 is 2.48 bits per heavy atom. The topological polar surface area (TPSA) is 38.3 Å². The van der Waals surface area contributed by atoms with E-state index in [9.17, 15) is 4.79 Å². The van der Waals surface area contributed by atoms with Crippen LogP contribution in [0.4, 0.5) is 5.69 Å². The normalized spacial score (nSPS) is 10.1. The first-order valence-electron chi connectivity index (χ1n) is 6.92. The van der Waals surface area contributed by atoms with E-state index in [0.29, 0.717) is 0 Å². The Kier molecular flexibility index (Phi) is 6.16. The number of para-hydroxylation sites is 1. The second kappa shape index (κ2) is 8.37. The standard InChI is InChI=1S/C17H19NO2S/c1-14(19)18-15-8-10-17(11-9-15)21-13-5-12-20-16-6-3-2-4-7-16/h2-4,6-11H,5,12-13H2,1H3,(H,18,19). The Balaban J connectivity index is 1.65. The van der Waals surface area contributed by atoms with Crippen molar-refractivity contribution in [3.8, 4) is 5.75 Å². The van der Waals surface area contributed by atoms with Crippen molar-refractivity contribution < 1.29 is 9.53 Å². The molecule has 0 unspecified atom stereocenters. The maximum absolute atomic E-state index is 10.9. The van der Waals surface area contributed by atoms with E-state index in [4.69, 9.17) is 4.74 Å². The van der Waals surface area contributed by atoms with Crippen LogP contribution in [-0.2, 0) is 4.79 Å². The van der Waals surface area contributed by atoms with Crippen LogP contribution in [-0.4, -0.2) is 18.3 Å². The van der Waals surface area contributed by atoms with Gasteiger partial charge in [-0.2, -0.15) is 0 Å². The third-order valence-corrected chi connectivity index (χ3v) is 3.84. The molecule has 2 aromatic carbocycles. The van der Waals surface area contributed by atoms with Crippen molar-refractivity contribution in [1.82, 2.24) is 0 Å². The smallest absolute Gasteiger partial charge is 0.221 e. The third kappa shape index (κ3) is 5.92. The molecule has 0 heterocycles. The number of benzene rings is 2. The van der Waals surface area contributed by atoms with Crippen LogP contribution >= 0.6 is 11.8 Å². The fourth-order valence-electron chi connectivity index (χ4n) is 1.79. The van der Waals surface area contributed by atoms with E-state index in [-0.39, 0.29) is 5.91 Å². The quantitative estimate of drug-likeness (QED) is 0.615. The molecule has 0 spiro atoms. The maximum atomic E-state index is 10.9. The Bertz CT molecular complexity index is 555. The van der Waals surface area contributed by atoms with Gasteiger partial charge in [-0.1, -0.05) is 18.2 Å². The fraction of sp³-hybridized carbons (Fsp3) is 0.235. The average molecular weight is 301 g/mol. The molecule has 0 aromatic heterocycles. The predicted molar refractivity (Wildman–Crippen MR) is 88.0 cm³/mol. The van der Waals surface area contributed by atoms with Crippen molar-refractivity contribution in [1.29, 1.82) is 0 Å². The van der Waals surface area contributed by atoms with Gasteiger partial charge >= 0.3 is 0 Å². The summed E-state index contributed by atoms with van der Waals surface area (Å²) in [5.41, 5.74) is 0.833. The van der Waals surface area contributed by atoms with E-state index in [2.05, 4.69) is 5.32 Å². The average Bonchev–Trinajstić information content (AvgIpc) is 2.49. The van der Waals surface area contributed by atoms with Gasteiger partial charge in [-0.05, 0) is 42.8 Å². The van der Waals surface area contributed by atoms with E-state index in [0.717, 1.165) is 30.2 Å². The number of amides is 1. The largest absolute Gasteiger partial charge is 0.494 e. The van der Waals surface area contributed by atoms with E-state index < -0.39 is 0 Å². The molecule has 2 aromatic rings. The van der Waals surface area contributed by atoms with Gasteiger partial charge < -0.3 is 10.1 Å². The van der Waals surface area contributed by atoms with E-state index >= 15 is 0 Å². The van der Waals surface area contributed by atoms with Crippen molar-refractivity contribution >= 4 is 23.4 Å². The monoisotopic (exact) mass is 301 g/mol. The summed E-state index contributed by atoms with van der Waals surface area (Å²) in [6.45, 7) is 2.23. The van der Waals surface area contributed by atoms with E-state index in [1.165, 1.54) is 11.8 Å². The Morgan fingerprint density at radius 1 is 1.10 bits per heavy atom. The lowest BCUT2D eigenvalue weighted by Gasteiger charge is -2.06. The first kappa shape index (κ1) is 15.4. The molecular weight excluding hydrogens is 282 g/mol. The molecule has 4 heteroatoms. The zero-order valence-electron chi connectivity index (χ0n) is 12.0. The number of nitrogens with one attached hydrogen (secondary N) is 1. The lowest BCUT2D eigenvalue weighted by atomic mass is 10.3. The number of ether oxygens (including phenoxy) is 1. The molecule has 1 amide bonds. The second-order valence-corrected chi connectivity index (χ2v) is 5.74. The van der Waals surface area contributed by atoms with Crippen molar-refractivity contribution in [3.63, 3.8) is 0 Å². The van der Waals surface area contributed by atoms with Crippen LogP contribution in [0.1, 0.15) is 13.3 Å². The summed E-state index contributed by atoms with van der Waals surface area (Å²) >= 11 is 1.79. The highest BCUT2D eigenvalue weighted by Crippen LogP contribution is 2.21. The van der Waals surface area contributed by atoms with E-state index in [1.54, 1.807) is 11.8 Å². The lowest BCUT2D eigenvalue weighted by Crippen LogP contribution is -2.05. The van der Waals surface area contributed by atoms with Gasteiger partial charge in [0.2, 0.25) is 5.91 Å². The summed E-state index contributed by atoms with van der Waals surface area (Å²) in [6, 6.07) is 17.7. The number of thioether (sulfide) groups is 1. The highest BCUT2D eigenvalue weighted by molar-refractivity contribution is 7.99. The van der Waals surface area contributed by atoms with Gasteiger partial charge in [0.15, 0.2) is 0 Å². The SMILES string of the molecule is CC(=O)Nc1ccc(SCCCOc2ccccc2)cc1. The lowest BCUT2D eigenvalue weighted by molar-refractivity contribution is -0.114. The first-order valence-corrected chi connectivity index (χ1v) is 7.91. The van der Waals surface area contributed by atoms with Crippen molar-refractivity contribution in [2.45, 2.75) is 18.2 Å². The van der Waals surface area contributed by atoms with Crippen LogP contribution in [0.3, 0.4) is 0 Å². The number of hydrogen-bond acceptors (Lipinski definition) is 3. The molecule has 21 heavy (non-hydrogen) atoms. The zero-order valence-corrected chi connectivity index (χ0v) is 12.9. The molecule has 0 aliphatic carbocycles. The number of anilines is 1. The summed E-state index contributed by atoms with van der Waals surface area (Å²) < 4.78 is 5.65. The number of hydrogen-bond donors (Lipinski definition) is 1. The summed E-state index contributed by atoms with van der Waals surface area (Å²) in [4.78, 5) is 12.1. The molecule has 0 saturated heterocycles. The molecule has 0 aliphatic heterocycles. The van der Waals surface area contributed by atoms with Crippen LogP contribution in [0, 0.1) is 0 Å². The Labute approximate surface area is 129 Å². The fourth-order valence-corrected chi connectivity index (χ4v) is 2.62. The molecule has 0 saturated carbocycles. The van der Waals surface area contributed by atoms with Crippen LogP contribution < -0.4 is 10.1 Å². The highest BCUT2D eigenvalue weighted by Gasteiger charge is 1.98. The van der Waals surface area contributed by atoms with Crippen molar-refractivity contribution in [2.24, 2.45) is 0 Å². The van der Waals surface area contributed by atoms with Gasteiger partial charge in [-0.25, -0.2) is 0 Å². The summed E-state index contributed by atoms with van der Waals surface area (Å²) in [6.07, 6.45) is 0.993. The second-order valence-electron chi connectivity index (χ2n) is 4.57. The molecular formula is C17H19NO2S. The predicted octanol–water partition coefficient (Wildman–Crippen LogP) is 4.21. The molecule has 110 valence electrons. The molecule has 0 atom stereocenters. The number of rotatable bonds is 7. The summed E-state index contributed by atoms with van der Waals surface area (Å²) in [5, 5.41) is 2.76. The summed E-state index contributed by atoms with van der Waals surface area (Å²) in [5.74, 6) is 1.88. The van der Waals surface area contributed by atoms with Gasteiger partial charge in [0.05, 0.1) is 6.61 Å².